The number of likely N-dealkylation sites (tertiary alicyclic amines) is 1. The van der Waals surface area contributed by atoms with Crippen LogP contribution in [0.5, 0.6) is 11.5 Å². The molecule has 1 aromatic heterocycles. The van der Waals surface area contributed by atoms with Crippen LogP contribution in [0.15, 0.2) is 41.1 Å². The highest BCUT2D eigenvalue weighted by molar-refractivity contribution is 9.10. The molecule has 0 bridgehead atoms. The van der Waals surface area contributed by atoms with Crippen molar-refractivity contribution < 1.29 is 23.5 Å². The molecule has 0 unspecified atom stereocenters. The zero-order valence-electron chi connectivity index (χ0n) is 25.6. The number of nitrogens with zero attached hydrogens (tertiary/aromatic N) is 3. The first-order valence-corrected chi connectivity index (χ1v) is 11.2. The van der Waals surface area contributed by atoms with Gasteiger partial charge in [0.2, 0.25) is 0 Å². The van der Waals surface area contributed by atoms with Gasteiger partial charge in [-0.25, -0.2) is 14.4 Å². The molecular formula is C25H30BrFN4O2. The maximum Gasteiger partial charge on any atom is 0.163 e. The molecule has 0 saturated carbocycles. The van der Waals surface area contributed by atoms with Gasteiger partial charge < -0.3 is 19.7 Å². The highest BCUT2D eigenvalue weighted by atomic mass is 79.9. The van der Waals surface area contributed by atoms with E-state index in [0.717, 1.165) is 4.90 Å². The molecular weight excluding hydrogens is 487 g/mol. The van der Waals surface area contributed by atoms with Crippen molar-refractivity contribution in [1.82, 2.24) is 14.9 Å². The SMILES string of the molecule is [2H]C1([2H])CN(C([2H])([2H])[2H])CC([2H])([2H])C1COc1cc2ncnc(Nc3ccc(Br)cc3F)c2cc1OC(C)(C)C. The smallest absolute Gasteiger partial charge is 0.163 e. The zero-order valence-corrected chi connectivity index (χ0v) is 20.2. The van der Waals surface area contributed by atoms with Crippen LogP contribution in [0.1, 0.15) is 43.1 Å². The maximum absolute atomic E-state index is 14.5. The number of anilines is 2. The summed E-state index contributed by atoms with van der Waals surface area (Å²) in [6, 6.07) is 7.79. The van der Waals surface area contributed by atoms with Gasteiger partial charge in [-0.1, -0.05) is 15.9 Å². The largest absolute Gasteiger partial charge is 0.489 e. The second kappa shape index (κ2) is 9.81. The lowest BCUT2D eigenvalue weighted by Gasteiger charge is -2.29. The van der Waals surface area contributed by atoms with Crippen molar-refractivity contribution in [3.63, 3.8) is 0 Å². The fourth-order valence-electron chi connectivity index (χ4n) is 3.26. The fourth-order valence-corrected chi connectivity index (χ4v) is 3.60. The number of benzene rings is 2. The number of halogens is 2. The highest BCUT2D eigenvalue weighted by Crippen LogP contribution is 2.37. The molecule has 176 valence electrons. The monoisotopic (exact) mass is 523 g/mol. The molecule has 1 aliphatic heterocycles. The Kier molecular flexibility index (Phi) is 4.82. The summed E-state index contributed by atoms with van der Waals surface area (Å²) in [6.45, 7) is 1.58. The van der Waals surface area contributed by atoms with Crippen molar-refractivity contribution in [2.24, 2.45) is 5.92 Å². The van der Waals surface area contributed by atoms with E-state index in [2.05, 4.69) is 31.2 Å². The third-order valence-electron chi connectivity index (χ3n) is 4.76. The van der Waals surface area contributed by atoms with E-state index in [0.29, 0.717) is 21.2 Å². The average molecular weight is 524 g/mol. The van der Waals surface area contributed by atoms with Crippen LogP contribution in [0, 0.1) is 11.7 Å². The van der Waals surface area contributed by atoms with Crippen LogP contribution in [0.25, 0.3) is 10.9 Å². The van der Waals surface area contributed by atoms with Gasteiger partial charge in [0, 0.05) is 25.5 Å². The van der Waals surface area contributed by atoms with Crippen molar-refractivity contribution in [1.29, 1.82) is 0 Å². The van der Waals surface area contributed by atoms with E-state index in [-0.39, 0.29) is 23.8 Å². The molecule has 0 aliphatic carbocycles. The van der Waals surface area contributed by atoms with Gasteiger partial charge in [0.1, 0.15) is 23.6 Å². The van der Waals surface area contributed by atoms with Crippen LogP contribution in [0.2, 0.25) is 0 Å². The van der Waals surface area contributed by atoms with E-state index in [1.165, 1.54) is 12.4 Å². The van der Waals surface area contributed by atoms with Crippen LogP contribution in [0.4, 0.5) is 15.9 Å². The summed E-state index contributed by atoms with van der Waals surface area (Å²) >= 11 is 3.24. The number of fused-ring (bicyclic) bond motifs is 1. The Bertz CT molecular complexity index is 1380. The first kappa shape index (κ1) is 16.2. The second-order valence-electron chi connectivity index (χ2n) is 8.63. The van der Waals surface area contributed by atoms with Gasteiger partial charge in [0.25, 0.3) is 0 Å². The third kappa shape index (κ3) is 6.12. The Morgan fingerprint density at radius 2 is 2.00 bits per heavy atom. The third-order valence-corrected chi connectivity index (χ3v) is 5.26. The molecule has 0 atom stereocenters. The molecule has 6 nitrogen and oxygen atoms in total. The summed E-state index contributed by atoms with van der Waals surface area (Å²) < 4.78 is 84.0. The summed E-state index contributed by atoms with van der Waals surface area (Å²) in [5, 5.41) is 3.49. The summed E-state index contributed by atoms with van der Waals surface area (Å²) in [4.78, 5) is 9.41. The summed E-state index contributed by atoms with van der Waals surface area (Å²) in [5.41, 5.74) is -0.0367. The molecule has 0 spiro atoms. The van der Waals surface area contributed by atoms with Crippen LogP contribution in [0.3, 0.4) is 0 Å². The van der Waals surface area contributed by atoms with Gasteiger partial charge in [0.15, 0.2) is 11.5 Å². The van der Waals surface area contributed by atoms with E-state index in [1.807, 2.05) is 20.8 Å². The topological polar surface area (TPSA) is 59.5 Å². The van der Waals surface area contributed by atoms with Crippen molar-refractivity contribution in [2.45, 2.75) is 39.1 Å². The fraction of sp³-hybridized carbons (Fsp3) is 0.440. The summed E-state index contributed by atoms with van der Waals surface area (Å²) in [6.07, 6.45) is -3.07. The number of rotatable bonds is 6. The second-order valence-corrected chi connectivity index (χ2v) is 9.55. The Hall–Kier alpha value is -2.45. The number of aromatic nitrogens is 2. The van der Waals surface area contributed by atoms with E-state index >= 15 is 0 Å². The molecule has 1 fully saturated rings. The Morgan fingerprint density at radius 1 is 1.21 bits per heavy atom. The summed E-state index contributed by atoms with van der Waals surface area (Å²) in [7, 11) is 0. The minimum absolute atomic E-state index is 0.201. The molecule has 33 heavy (non-hydrogen) atoms. The number of hydrogen-bond acceptors (Lipinski definition) is 6. The lowest BCUT2D eigenvalue weighted by molar-refractivity contribution is 0.116. The lowest BCUT2D eigenvalue weighted by Crippen LogP contribution is -2.32. The molecule has 1 saturated heterocycles. The molecule has 1 N–H and O–H groups in total. The number of piperidine rings is 1. The van der Waals surface area contributed by atoms with Crippen molar-refractivity contribution in [3.8, 4) is 11.5 Å². The molecule has 4 rings (SSSR count). The van der Waals surface area contributed by atoms with Crippen LogP contribution < -0.4 is 14.8 Å². The number of nitrogens with one attached hydrogen (secondary N) is 1. The Labute approximate surface area is 212 Å². The van der Waals surface area contributed by atoms with Crippen molar-refractivity contribution >= 4 is 38.3 Å². The molecule has 0 radical (unpaired) electrons. The molecule has 0 amide bonds. The minimum Gasteiger partial charge on any atom is -0.489 e. The van der Waals surface area contributed by atoms with Crippen LogP contribution in [-0.4, -0.2) is 47.1 Å². The Balaban J connectivity index is 1.68. The minimum atomic E-state index is -2.62. The lowest BCUT2D eigenvalue weighted by atomic mass is 9.98. The Morgan fingerprint density at radius 3 is 2.70 bits per heavy atom. The van der Waals surface area contributed by atoms with Crippen LogP contribution >= 0.6 is 15.9 Å². The highest BCUT2D eigenvalue weighted by Gasteiger charge is 2.21. The van der Waals surface area contributed by atoms with Crippen molar-refractivity contribution in [2.75, 3.05) is 32.0 Å². The van der Waals surface area contributed by atoms with Gasteiger partial charge in [-0.3, -0.25) is 0 Å². The molecule has 2 heterocycles. The first-order valence-electron chi connectivity index (χ1n) is 13.9. The zero-order chi connectivity index (χ0) is 29.7. The normalized spacial score (nSPS) is 22.2. The molecule has 1 aliphatic rings. The van der Waals surface area contributed by atoms with E-state index in [9.17, 15) is 4.39 Å². The molecule has 2 aromatic carbocycles. The van der Waals surface area contributed by atoms with E-state index in [4.69, 9.17) is 19.1 Å². The number of hydrogen-bond donors (Lipinski definition) is 1. The van der Waals surface area contributed by atoms with Gasteiger partial charge in [-0.15, -0.1) is 0 Å². The maximum atomic E-state index is 14.5. The predicted molar refractivity (Wildman–Crippen MR) is 133 cm³/mol. The standard InChI is InChI=1S/C25H30BrFN4O2/c1-25(2,3)33-23-12-18-21(13-22(23)32-14-16-7-9-31(4)10-8-16)28-15-29-24(18)30-20-6-5-17(26)11-19(20)27/h5-6,11-13,15-16H,7-10,14H2,1-4H3,(H,28,29,30)/i4D3,7D2,8D2. The average Bonchev–Trinajstić information content (AvgIpc) is 2.78. The van der Waals surface area contributed by atoms with E-state index < -0.39 is 50.1 Å². The van der Waals surface area contributed by atoms with Gasteiger partial charge in [-0.05, 0) is 83.8 Å². The van der Waals surface area contributed by atoms with Crippen molar-refractivity contribution in [3.05, 3.63) is 46.9 Å². The number of ether oxygens (including phenoxy) is 2. The van der Waals surface area contributed by atoms with Crippen LogP contribution in [-0.2, 0) is 0 Å². The first-order chi connectivity index (χ1) is 18.4. The van der Waals surface area contributed by atoms with Gasteiger partial charge in [-0.2, -0.15) is 0 Å². The molecule has 8 heteroatoms. The molecule has 3 aromatic rings. The summed E-state index contributed by atoms with van der Waals surface area (Å²) in [5.74, 6) is -0.955. The van der Waals surface area contributed by atoms with Gasteiger partial charge >= 0.3 is 0 Å². The quantitative estimate of drug-likeness (QED) is 0.416. The van der Waals surface area contributed by atoms with E-state index in [1.54, 1.807) is 24.3 Å². The van der Waals surface area contributed by atoms with Gasteiger partial charge in [0.05, 0.1) is 17.8 Å². The predicted octanol–water partition coefficient (Wildman–Crippen LogP) is 6.17.